The van der Waals surface area contributed by atoms with Gasteiger partial charge in [-0.2, -0.15) is 0 Å². The Morgan fingerprint density at radius 3 is 1.62 bits per heavy atom. The van der Waals surface area contributed by atoms with Crippen molar-refractivity contribution in [2.45, 2.75) is 109 Å². The number of aliphatic hydroxyl groups is 3. The van der Waals surface area contributed by atoms with Gasteiger partial charge in [-0.15, -0.1) is 0 Å². The van der Waals surface area contributed by atoms with Gasteiger partial charge in [0.25, 0.3) is 0 Å². The molecular weight excluding hydrogens is 368 g/mol. The second-order valence-corrected chi connectivity index (χ2v) is 19.9. The second-order valence-electron chi connectivity index (χ2n) is 10.4. The Morgan fingerprint density at radius 2 is 1.27 bits per heavy atom. The van der Waals surface area contributed by atoms with Crippen molar-refractivity contribution in [3.05, 3.63) is 0 Å². The number of ether oxygens (including phenoxy) is 1. The van der Waals surface area contributed by atoms with Crippen LogP contribution in [0, 0.1) is 0 Å². The summed E-state index contributed by atoms with van der Waals surface area (Å²) in [5, 5.41) is 30.1. The summed E-state index contributed by atoms with van der Waals surface area (Å²) in [7, 11) is -4.41. The van der Waals surface area contributed by atoms with Gasteiger partial charge in [-0.3, -0.25) is 0 Å². The van der Waals surface area contributed by atoms with Crippen LogP contribution in [0.4, 0.5) is 0 Å². The molecule has 0 amide bonds. The van der Waals surface area contributed by atoms with Gasteiger partial charge in [-0.1, -0.05) is 41.5 Å². The number of hydrogen-bond donors (Lipinski definition) is 3. The summed E-state index contributed by atoms with van der Waals surface area (Å²) < 4.78 is 18.6. The summed E-state index contributed by atoms with van der Waals surface area (Å²) in [4.78, 5) is 0. The minimum atomic E-state index is -2.21. The van der Waals surface area contributed by atoms with Crippen LogP contribution in [-0.2, 0) is 13.6 Å². The van der Waals surface area contributed by atoms with Crippen LogP contribution in [0.1, 0.15) is 41.5 Å². The van der Waals surface area contributed by atoms with Gasteiger partial charge in [0.15, 0.2) is 22.9 Å². The van der Waals surface area contributed by atoms with Gasteiger partial charge in [-0.05, 0) is 36.3 Å². The van der Waals surface area contributed by atoms with E-state index in [-0.39, 0.29) is 10.1 Å². The van der Waals surface area contributed by atoms with E-state index < -0.39 is 53.9 Å². The van der Waals surface area contributed by atoms with Crippen molar-refractivity contribution >= 4 is 16.6 Å². The highest BCUT2D eigenvalue weighted by atomic mass is 28.4. The minimum absolute atomic E-state index is 0.0398. The lowest BCUT2D eigenvalue weighted by Gasteiger charge is -2.44. The Labute approximate surface area is 161 Å². The highest BCUT2D eigenvalue weighted by molar-refractivity contribution is 6.74. The van der Waals surface area contributed by atoms with Gasteiger partial charge in [0, 0.05) is 0 Å². The van der Waals surface area contributed by atoms with Gasteiger partial charge in [0.1, 0.15) is 24.4 Å². The number of rotatable bonds is 6. The molecule has 1 aliphatic heterocycles. The topological polar surface area (TPSA) is 88.4 Å². The second kappa shape index (κ2) is 7.90. The quantitative estimate of drug-likeness (QED) is 0.586. The Morgan fingerprint density at radius 1 is 0.885 bits per heavy atom. The van der Waals surface area contributed by atoms with Crippen LogP contribution in [0.3, 0.4) is 0 Å². The Bertz CT molecular complexity index is 469. The molecule has 0 aromatic heterocycles. The van der Waals surface area contributed by atoms with E-state index in [1.165, 1.54) is 0 Å². The third kappa shape index (κ3) is 5.17. The molecule has 8 heteroatoms. The van der Waals surface area contributed by atoms with Gasteiger partial charge in [0.05, 0.1) is 6.61 Å². The molecule has 156 valence electrons. The Hall–Kier alpha value is 0.194. The van der Waals surface area contributed by atoms with Gasteiger partial charge in [0.2, 0.25) is 0 Å². The van der Waals surface area contributed by atoms with Crippen LogP contribution in [-0.4, -0.2) is 69.3 Å². The third-order valence-electron chi connectivity index (χ3n) is 6.27. The lowest BCUT2D eigenvalue weighted by Crippen LogP contribution is -2.55. The van der Waals surface area contributed by atoms with Crippen molar-refractivity contribution in [3.8, 4) is 0 Å². The molecule has 0 aromatic rings. The summed E-state index contributed by atoms with van der Waals surface area (Å²) in [5.74, 6) is 0. The Balaban J connectivity index is 3.20. The molecule has 1 fully saturated rings. The van der Waals surface area contributed by atoms with Crippen LogP contribution in [0.2, 0.25) is 36.3 Å². The fourth-order valence-electron chi connectivity index (χ4n) is 2.37. The molecule has 5 atom stereocenters. The van der Waals surface area contributed by atoms with E-state index in [0.29, 0.717) is 0 Å². The summed E-state index contributed by atoms with van der Waals surface area (Å²) in [6, 6.07) is 0. The fraction of sp³-hybridized carbons (Fsp3) is 1.00. The summed E-state index contributed by atoms with van der Waals surface area (Å²) >= 11 is 0. The number of aliphatic hydroxyl groups excluding tert-OH is 3. The summed E-state index contributed by atoms with van der Waals surface area (Å²) in [5.41, 5.74) is 0. The van der Waals surface area contributed by atoms with Gasteiger partial charge >= 0.3 is 0 Å². The molecular formula is C18H40O6Si2. The average molecular weight is 409 g/mol. The summed E-state index contributed by atoms with van der Waals surface area (Å²) in [6.07, 6.45) is -4.45. The van der Waals surface area contributed by atoms with Crippen molar-refractivity contribution in [2.75, 3.05) is 6.61 Å². The maximum Gasteiger partial charge on any atom is 0.192 e. The molecule has 1 saturated heterocycles. The molecule has 0 aromatic carbocycles. The molecule has 1 aliphatic rings. The highest BCUT2D eigenvalue weighted by Gasteiger charge is 2.54. The fourth-order valence-corrected chi connectivity index (χ4v) is 4.96. The molecule has 1 rings (SSSR count). The van der Waals surface area contributed by atoms with Crippen molar-refractivity contribution in [3.63, 3.8) is 0 Å². The normalized spacial score (nSPS) is 29.9. The highest BCUT2D eigenvalue weighted by Crippen LogP contribution is 2.43. The van der Waals surface area contributed by atoms with E-state index in [2.05, 4.69) is 67.7 Å². The average Bonchev–Trinajstić information content (AvgIpc) is 2.72. The molecule has 0 radical (unpaired) electrons. The van der Waals surface area contributed by atoms with E-state index in [1.807, 2.05) is 0 Å². The first-order valence-electron chi connectivity index (χ1n) is 9.43. The maximum absolute atomic E-state index is 10.5. The van der Waals surface area contributed by atoms with Crippen LogP contribution in [0.5, 0.6) is 0 Å². The van der Waals surface area contributed by atoms with Crippen molar-refractivity contribution < 1.29 is 28.9 Å². The lowest BCUT2D eigenvalue weighted by atomic mass is 10.1. The predicted molar refractivity (Wildman–Crippen MR) is 108 cm³/mol. The first kappa shape index (κ1) is 24.2. The standard InChI is InChI=1S/C18H40O6Si2/c1-17(2,3)25(7,8)23-14-13(12(20)11-19)22-16(21)15(14)24-26(9,10)18(4,5)6/h12-16,19-21H,11H2,1-10H3/t12-,13+,14+,15-,16-/m1/s1. The van der Waals surface area contributed by atoms with Crippen LogP contribution < -0.4 is 0 Å². The molecule has 0 aliphatic carbocycles. The molecule has 1 heterocycles. The largest absolute Gasteiger partial charge is 0.408 e. The van der Waals surface area contributed by atoms with Gasteiger partial charge in [-0.25, -0.2) is 0 Å². The number of hydrogen-bond acceptors (Lipinski definition) is 6. The molecule has 0 bridgehead atoms. The van der Waals surface area contributed by atoms with E-state index in [4.69, 9.17) is 13.6 Å². The Kier molecular flexibility index (Phi) is 7.37. The monoisotopic (exact) mass is 408 g/mol. The molecule has 26 heavy (non-hydrogen) atoms. The zero-order chi connectivity index (χ0) is 20.7. The lowest BCUT2D eigenvalue weighted by molar-refractivity contribution is -0.148. The smallest absolute Gasteiger partial charge is 0.192 e. The van der Waals surface area contributed by atoms with Crippen LogP contribution >= 0.6 is 0 Å². The first-order valence-corrected chi connectivity index (χ1v) is 15.2. The molecule has 0 spiro atoms. The zero-order valence-electron chi connectivity index (χ0n) is 18.2. The molecule has 6 nitrogen and oxygen atoms in total. The third-order valence-corrected chi connectivity index (χ3v) is 15.2. The van der Waals surface area contributed by atoms with E-state index in [9.17, 15) is 15.3 Å². The maximum atomic E-state index is 10.5. The van der Waals surface area contributed by atoms with Crippen molar-refractivity contribution in [1.82, 2.24) is 0 Å². The van der Waals surface area contributed by atoms with Crippen molar-refractivity contribution in [1.29, 1.82) is 0 Å². The van der Waals surface area contributed by atoms with Gasteiger partial charge < -0.3 is 28.9 Å². The zero-order valence-corrected chi connectivity index (χ0v) is 20.2. The van der Waals surface area contributed by atoms with Crippen LogP contribution in [0.15, 0.2) is 0 Å². The summed E-state index contributed by atoms with van der Waals surface area (Å²) in [6.45, 7) is 20.8. The first-order chi connectivity index (χ1) is 11.4. The minimum Gasteiger partial charge on any atom is -0.408 e. The molecule has 0 unspecified atom stereocenters. The van der Waals surface area contributed by atoms with E-state index >= 15 is 0 Å². The SMILES string of the molecule is CC(C)(C)[Si](C)(C)O[C@H]1[C@H]([C@H](O)CO)O[C@@H](O)[C@@H]1O[Si](C)(C)C(C)(C)C. The van der Waals surface area contributed by atoms with Crippen molar-refractivity contribution in [2.24, 2.45) is 0 Å². The van der Waals surface area contributed by atoms with E-state index in [0.717, 1.165) is 0 Å². The van der Waals surface area contributed by atoms with Crippen LogP contribution in [0.25, 0.3) is 0 Å². The van der Waals surface area contributed by atoms with E-state index in [1.54, 1.807) is 0 Å². The molecule has 3 N–H and O–H groups in total. The predicted octanol–water partition coefficient (Wildman–Crippen LogP) is 2.84. The molecule has 0 saturated carbocycles.